The Morgan fingerprint density at radius 2 is 2.11 bits per heavy atom. The minimum Gasteiger partial charge on any atom is -0.395 e. The number of pyridine rings is 1. The molecule has 1 aromatic carbocycles. The van der Waals surface area contributed by atoms with Gasteiger partial charge in [0.25, 0.3) is 5.56 Å². The molecule has 0 amide bonds. The smallest absolute Gasteiger partial charge is 0.251 e. The van der Waals surface area contributed by atoms with Crippen molar-refractivity contribution in [1.82, 2.24) is 4.98 Å². The number of fused-ring (bicyclic) bond motifs is 1. The number of nitrogens with one attached hydrogen (secondary N) is 1. The molecule has 1 heterocycles. The summed E-state index contributed by atoms with van der Waals surface area (Å²) in [6, 6.07) is 8.00. The molecule has 0 aliphatic heterocycles. The Balaban J connectivity index is 2.16. The molecule has 0 saturated heterocycles. The molecule has 1 aliphatic rings. The number of hydrogen-bond acceptors (Lipinski definition) is 2. The standard InChI is InChI=1S/C15H17NO2/c1-10-7-11-8-12(15(9-17)5-2-6-15)3-4-13(11)16-14(10)18/h3-4,7-8,17H,2,5-6,9H2,1H3,(H,16,18). The summed E-state index contributed by atoms with van der Waals surface area (Å²) >= 11 is 0. The van der Waals surface area contributed by atoms with Crippen LogP contribution in [0.15, 0.2) is 29.1 Å². The topological polar surface area (TPSA) is 53.1 Å². The fourth-order valence-electron chi connectivity index (χ4n) is 2.79. The summed E-state index contributed by atoms with van der Waals surface area (Å²) in [5, 5.41) is 10.6. The van der Waals surface area contributed by atoms with E-state index >= 15 is 0 Å². The van der Waals surface area contributed by atoms with Gasteiger partial charge in [0.1, 0.15) is 0 Å². The molecule has 1 aromatic heterocycles. The van der Waals surface area contributed by atoms with Gasteiger partial charge in [-0.05, 0) is 48.9 Å². The molecule has 1 saturated carbocycles. The maximum Gasteiger partial charge on any atom is 0.251 e. The number of aliphatic hydroxyl groups excluding tert-OH is 1. The van der Waals surface area contributed by atoms with E-state index in [0.29, 0.717) is 0 Å². The van der Waals surface area contributed by atoms with E-state index in [1.807, 2.05) is 25.1 Å². The fourth-order valence-corrected chi connectivity index (χ4v) is 2.79. The Kier molecular flexibility index (Phi) is 2.52. The first-order valence-corrected chi connectivity index (χ1v) is 6.40. The molecule has 2 aromatic rings. The van der Waals surface area contributed by atoms with E-state index in [0.717, 1.165) is 29.3 Å². The van der Waals surface area contributed by atoms with Gasteiger partial charge >= 0.3 is 0 Å². The van der Waals surface area contributed by atoms with Crippen molar-refractivity contribution in [3.05, 3.63) is 45.7 Å². The number of benzene rings is 1. The molecule has 0 unspecified atom stereocenters. The molecule has 0 spiro atoms. The monoisotopic (exact) mass is 243 g/mol. The van der Waals surface area contributed by atoms with Gasteiger partial charge in [-0.15, -0.1) is 0 Å². The number of H-pyrrole nitrogens is 1. The summed E-state index contributed by atoms with van der Waals surface area (Å²) in [4.78, 5) is 14.4. The Morgan fingerprint density at radius 3 is 2.72 bits per heavy atom. The van der Waals surface area contributed by atoms with E-state index < -0.39 is 0 Å². The lowest BCUT2D eigenvalue weighted by Gasteiger charge is -2.41. The van der Waals surface area contributed by atoms with Crippen molar-refractivity contribution in [1.29, 1.82) is 0 Å². The maximum atomic E-state index is 11.5. The van der Waals surface area contributed by atoms with Gasteiger partial charge in [0.2, 0.25) is 0 Å². The summed E-state index contributed by atoms with van der Waals surface area (Å²) in [6.45, 7) is 2.02. The lowest BCUT2D eigenvalue weighted by atomic mass is 9.65. The highest BCUT2D eigenvalue weighted by molar-refractivity contribution is 5.80. The number of aryl methyl sites for hydroxylation is 1. The second kappa shape index (κ2) is 3.95. The van der Waals surface area contributed by atoms with Crippen LogP contribution in [0.2, 0.25) is 0 Å². The molecule has 3 rings (SSSR count). The van der Waals surface area contributed by atoms with E-state index in [4.69, 9.17) is 0 Å². The molecule has 18 heavy (non-hydrogen) atoms. The largest absolute Gasteiger partial charge is 0.395 e. The second-order valence-electron chi connectivity index (χ2n) is 5.38. The average Bonchev–Trinajstić information content (AvgIpc) is 2.30. The van der Waals surface area contributed by atoms with Crippen molar-refractivity contribution >= 4 is 10.9 Å². The first kappa shape index (κ1) is 11.5. The van der Waals surface area contributed by atoms with Crippen molar-refractivity contribution in [2.75, 3.05) is 6.61 Å². The van der Waals surface area contributed by atoms with Crippen LogP contribution in [0.3, 0.4) is 0 Å². The minimum atomic E-state index is -0.0434. The predicted molar refractivity (Wildman–Crippen MR) is 71.9 cm³/mol. The lowest BCUT2D eigenvalue weighted by molar-refractivity contribution is 0.120. The molecule has 0 bridgehead atoms. The summed E-state index contributed by atoms with van der Waals surface area (Å²) < 4.78 is 0. The molecule has 0 radical (unpaired) electrons. The van der Waals surface area contributed by atoms with Gasteiger partial charge in [-0.25, -0.2) is 0 Å². The Labute approximate surface area is 105 Å². The normalized spacial score (nSPS) is 17.7. The molecule has 1 fully saturated rings. The van der Waals surface area contributed by atoms with Gasteiger partial charge in [0.05, 0.1) is 6.61 Å². The fraction of sp³-hybridized carbons (Fsp3) is 0.400. The quantitative estimate of drug-likeness (QED) is 0.850. The summed E-state index contributed by atoms with van der Waals surface area (Å²) in [6.07, 6.45) is 3.29. The summed E-state index contributed by atoms with van der Waals surface area (Å²) in [5.41, 5.74) is 2.71. The van der Waals surface area contributed by atoms with Crippen LogP contribution in [0.5, 0.6) is 0 Å². The highest BCUT2D eigenvalue weighted by atomic mass is 16.3. The van der Waals surface area contributed by atoms with Crippen molar-refractivity contribution in [3.63, 3.8) is 0 Å². The Morgan fingerprint density at radius 1 is 1.33 bits per heavy atom. The molecule has 94 valence electrons. The predicted octanol–water partition coefficient (Wildman–Crippen LogP) is 2.25. The Bertz CT molecular complexity index is 648. The van der Waals surface area contributed by atoms with Crippen molar-refractivity contribution in [2.24, 2.45) is 0 Å². The van der Waals surface area contributed by atoms with Crippen LogP contribution in [-0.4, -0.2) is 16.7 Å². The van der Waals surface area contributed by atoms with Crippen LogP contribution in [0.25, 0.3) is 10.9 Å². The third-order valence-electron chi connectivity index (χ3n) is 4.26. The number of aromatic nitrogens is 1. The van der Waals surface area contributed by atoms with Gasteiger partial charge in [0.15, 0.2) is 0 Å². The molecular formula is C15H17NO2. The van der Waals surface area contributed by atoms with Crippen LogP contribution in [0, 0.1) is 6.92 Å². The zero-order chi connectivity index (χ0) is 12.8. The van der Waals surface area contributed by atoms with Gasteiger partial charge in [-0.2, -0.15) is 0 Å². The first-order valence-electron chi connectivity index (χ1n) is 6.40. The van der Waals surface area contributed by atoms with Gasteiger partial charge in [-0.1, -0.05) is 12.5 Å². The molecule has 2 N–H and O–H groups in total. The first-order chi connectivity index (χ1) is 8.64. The summed E-state index contributed by atoms with van der Waals surface area (Å²) in [7, 11) is 0. The van der Waals surface area contributed by atoms with E-state index in [-0.39, 0.29) is 17.6 Å². The van der Waals surface area contributed by atoms with Crippen LogP contribution >= 0.6 is 0 Å². The number of hydrogen-bond donors (Lipinski definition) is 2. The van der Waals surface area contributed by atoms with E-state index in [9.17, 15) is 9.90 Å². The average molecular weight is 243 g/mol. The molecule has 1 aliphatic carbocycles. The molecular weight excluding hydrogens is 226 g/mol. The number of aromatic amines is 1. The van der Waals surface area contributed by atoms with E-state index in [1.165, 1.54) is 12.0 Å². The Hall–Kier alpha value is -1.61. The zero-order valence-corrected chi connectivity index (χ0v) is 10.5. The van der Waals surface area contributed by atoms with E-state index in [1.54, 1.807) is 0 Å². The summed E-state index contributed by atoms with van der Waals surface area (Å²) in [5.74, 6) is 0. The van der Waals surface area contributed by atoms with Crippen LogP contribution < -0.4 is 5.56 Å². The molecule has 3 nitrogen and oxygen atoms in total. The lowest BCUT2D eigenvalue weighted by Crippen LogP contribution is -2.37. The zero-order valence-electron chi connectivity index (χ0n) is 10.5. The van der Waals surface area contributed by atoms with Crippen LogP contribution in [-0.2, 0) is 5.41 Å². The van der Waals surface area contributed by atoms with Gasteiger partial charge < -0.3 is 10.1 Å². The van der Waals surface area contributed by atoms with Crippen molar-refractivity contribution in [2.45, 2.75) is 31.6 Å². The van der Waals surface area contributed by atoms with Gasteiger partial charge in [0, 0.05) is 16.5 Å². The maximum absolute atomic E-state index is 11.5. The highest BCUT2D eigenvalue weighted by Gasteiger charge is 2.37. The second-order valence-corrected chi connectivity index (χ2v) is 5.38. The van der Waals surface area contributed by atoms with Crippen LogP contribution in [0.4, 0.5) is 0 Å². The highest BCUT2D eigenvalue weighted by Crippen LogP contribution is 2.43. The van der Waals surface area contributed by atoms with Crippen molar-refractivity contribution in [3.8, 4) is 0 Å². The minimum absolute atomic E-state index is 0.0317. The SMILES string of the molecule is Cc1cc2cc(C3(CO)CCC3)ccc2[nH]c1=O. The molecule has 0 atom stereocenters. The number of rotatable bonds is 2. The third-order valence-corrected chi connectivity index (χ3v) is 4.26. The van der Waals surface area contributed by atoms with Gasteiger partial charge in [-0.3, -0.25) is 4.79 Å². The number of aliphatic hydroxyl groups is 1. The van der Waals surface area contributed by atoms with Crippen molar-refractivity contribution < 1.29 is 5.11 Å². The van der Waals surface area contributed by atoms with E-state index in [2.05, 4.69) is 11.1 Å². The van der Waals surface area contributed by atoms with Crippen LogP contribution in [0.1, 0.15) is 30.4 Å². The third kappa shape index (κ3) is 1.58. The molecule has 3 heteroatoms.